The summed E-state index contributed by atoms with van der Waals surface area (Å²) < 4.78 is 0. The van der Waals surface area contributed by atoms with Crippen molar-refractivity contribution in [3.8, 4) is 0 Å². The molecule has 1 amide bonds. The lowest BCUT2D eigenvalue weighted by molar-refractivity contribution is -0.117. The van der Waals surface area contributed by atoms with Gasteiger partial charge in [-0.1, -0.05) is 6.92 Å². The number of nitrogens with two attached hydrogens (primary N) is 1. The molecule has 1 atom stereocenters. The standard InChI is InChI=1S/C10H15N3O/c1-3-9(11)10(14)13-8-4-5-12-7(2)6-8/h4-6,9H,3,11H2,1-2H3,(H,12,13,14)/t9-/m0/s1. The molecule has 4 heteroatoms. The van der Waals surface area contributed by atoms with Gasteiger partial charge in [0.05, 0.1) is 6.04 Å². The number of nitrogens with zero attached hydrogens (tertiary/aromatic N) is 1. The zero-order chi connectivity index (χ0) is 10.6. The highest BCUT2D eigenvalue weighted by Crippen LogP contribution is 2.07. The van der Waals surface area contributed by atoms with Crippen LogP contribution in [0.2, 0.25) is 0 Å². The van der Waals surface area contributed by atoms with Gasteiger partial charge in [0.25, 0.3) is 0 Å². The minimum atomic E-state index is -0.441. The molecule has 0 radical (unpaired) electrons. The maximum absolute atomic E-state index is 11.4. The quantitative estimate of drug-likeness (QED) is 0.754. The van der Waals surface area contributed by atoms with Gasteiger partial charge < -0.3 is 11.1 Å². The second-order valence-corrected chi connectivity index (χ2v) is 3.19. The van der Waals surface area contributed by atoms with Crippen LogP contribution < -0.4 is 11.1 Å². The molecule has 1 rings (SSSR count). The van der Waals surface area contributed by atoms with Gasteiger partial charge in [0.1, 0.15) is 0 Å². The monoisotopic (exact) mass is 193 g/mol. The molecule has 0 bridgehead atoms. The topological polar surface area (TPSA) is 68.0 Å². The predicted molar refractivity (Wildman–Crippen MR) is 55.9 cm³/mol. The highest BCUT2D eigenvalue weighted by atomic mass is 16.2. The van der Waals surface area contributed by atoms with E-state index >= 15 is 0 Å². The van der Waals surface area contributed by atoms with Gasteiger partial charge in [-0.3, -0.25) is 9.78 Å². The Bertz CT molecular complexity index is 325. The molecule has 1 aromatic rings. The fraction of sp³-hybridized carbons (Fsp3) is 0.400. The predicted octanol–water partition coefficient (Wildman–Crippen LogP) is 1.07. The Kier molecular flexibility index (Phi) is 3.59. The molecule has 1 aromatic heterocycles. The zero-order valence-corrected chi connectivity index (χ0v) is 8.45. The SMILES string of the molecule is CC[C@H](N)C(=O)Nc1ccnc(C)c1. The molecule has 0 aliphatic carbocycles. The van der Waals surface area contributed by atoms with Gasteiger partial charge in [-0.2, -0.15) is 0 Å². The molecule has 0 unspecified atom stereocenters. The van der Waals surface area contributed by atoms with Gasteiger partial charge in [0.15, 0.2) is 0 Å². The average molecular weight is 193 g/mol. The van der Waals surface area contributed by atoms with Crippen LogP contribution in [-0.2, 0) is 4.79 Å². The number of anilines is 1. The van der Waals surface area contributed by atoms with E-state index in [-0.39, 0.29) is 5.91 Å². The molecule has 0 saturated carbocycles. The Morgan fingerprint density at radius 1 is 1.71 bits per heavy atom. The number of rotatable bonds is 3. The van der Waals surface area contributed by atoms with Crippen LogP contribution in [0.3, 0.4) is 0 Å². The number of nitrogens with one attached hydrogen (secondary N) is 1. The summed E-state index contributed by atoms with van der Waals surface area (Å²) in [6.45, 7) is 3.75. The van der Waals surface area contributed by atoms with Crippen molar-refractivity contribution in [2.75, 3.05) is 5.32 Å². The minimum Gasteiger partial charge on any atom is -0.325 e. The molecular formula is C10H15N3O. The lowest BCUT2D eigenvalue weighted by Gasteiger charge is -2.09. The molecule has 76 valence electrons. The summed E-state index contributed by atoms with van der Waals surface area (Å²) in [4.78, 5) is 15.4. The second-order valence-electron chi connectivity index (χ2n) is 3.19. The van der Waals surface area contributed by atoms with Crippen LogP contribution in [0.25, 0.3) is 0 Å². The molecule has 3 N–H and O–H groups in total. The summed E-state index contributed by atoms with van der Waals surface area (Å²) >= 11 is 0. The third-order valence-electron chi connectivity index (χ3n) is 1.94. The number of carbonyl (C=O) groups excluding carboxylic acids is 1. The zero-order valence-electron chi connectivity index (χ0n) is 8.45. The maximum Gasteiger partial charge on any atom is 0.241 e. The summed E-state index contributed by atoms with van der Waals surface area (Å²) in [5, 5.41) is 2.73. The Hall–Kier alpha value is -1.42. The molecular weight excluding hydrogens is 178 g/mol. The molecule has 0 spiro atoms. The normalized spacial score (nSPS) is 12.2. The first kappa shape index (κ1) is 10.7. The fourth-order valence-electron chi connectivity index (χ4n) is 1.04. The molecule has 0 fully saturated rings. The molecule has 0 aliphatic heterocycles. The van der Waals surface area contributed by atoms with Crippen molar-refractivity contribution >= 4 is 11.6 Å². The van der Waals surface area contributed by atoms with Crippen molar-refractivity contribution in [3.63, 3.8) is 0 Å². The number of aryl methyl sites for hydroxylation is 1. The summed E-state index contributed by atoms with van der Waals surface area (Å²) in [5.41, 5.74) is 7.19. The first-order valence-corrected chi connectivity index (χ1v) is 4.62. The van der Waals surface area contributed by atoms with Crippen molar-refractivity contribution in [1.82, 2.24) is 4.98 Å². The number of hydrogen-bond acceptors (Lipinski definition) is 3. The highest BCUT2D eigenvalue weighted by molar-refractivity contribution is 5.94. The van der Waals surface area contributed by atoms with Gasteiger partial charge in [-0.25, -0.2) is 0 Å². The summed E-state index contributed by atoms with van der Waals surface area (Å²) in [5.74, 6) is -0.155. The van der Waals surface area contributed by atoms with Gasteiger partial charge in [0, 0.05) is 17.6 Å². The van der Waals surface area contributed by atoms with Crippen molar-refractivity contribution < 1.29 is 4.79 Å². The van der Waals surface area contributed by atoms with E-state index in [9.17, 15) is 4.79 Å². The fourth-order valence-corrected chi connectivity index (χ4v) is 1.04. The van der Waals surface area contributed by atoms with Crippen LogP contribution in [0.5, 0.6) is 0 Å². The van der Waals surface area contributed by atoms with E-state index in [0.717, 1.165) is 11.4 Å². The van der Waals surface area contributed by atoms with Gasteiger partial charge in [-0.05, 0) is 25.5 Å². The van der Waals surface area contributed by atoms with Gasteiger partial charge in [0.2, 0.25) is 5.91 Å². The van der Waals surface area contributed by atoms with Crippen molar-refractivity contribution in [1.29, 1.82) is 0 Å². The molecule has 14 heavy (non-hydrogen) atoms. The molecule has 4 nitrogen and oxygen atoms in total. The number of carbonyl (C=O) groups is 1. The van der Waals surface area contributed by atoms with Crippen LogP contribution in [0.1, 0.15) is 19.0 Å². The summed E-state index contributed by atoms with van der Waals surface area (Å²) in [6, 6.07) is 3.11. The smallest absolute Gasteiger partial charge is 0.241 e. The van der Waals surface area contributed by atoms with Crippen LogP contribution in [0, 0.1) is 6.92 Å². The third kappa shape index (κ3) is 2.81. The van der Waals surface area contributed by atoms with Crippen LogP contribution >= 0.6 is 0 Å². The summed E-state index contributed by atoms with van der Waals surface area (Å²) in [7, 11) is 0. The number of aromatic nitrogens is 1. The maximum atomic E-state index is 11.4. The number of pyridine rings is 1. The van der Waals surface area contributed by atoms with Crippen molar-refractivity contribution in [2.24, 2.45) is 5.73 Å². The third-order valence-corrected chi connectivity index (χ3v) is 1.94. The Labute approximate surface area is 83.5 Å². The highest BCUT2D eigenvalue weighted by Gasteiger charge is 2.10. The van der Waals surface area contributed by atoms with Crippen LogP contribution in [0.15, 0.2) is 18.3 Å². The lowest BCUT2D eigenvalue weighted by atomic mass is 10.2. The summed E-state index contributed by atoms with van der Waals surface area (Å²) in [6.07, 6.45) is 2.29. The van der Waals surface area contributed by atoms with E-state index in [4.69, 9.17) is 5.73 Å². The largest absolute Gasteiger partial charge is 0.325 e. The first-order chi connectivity index (χ1) is 6.63. The van der Waals surface area contributed by atoms with Crippen LogP contribution in [-0.4, -0.2) is 16.9 Å². The van der Waals surface area contributed by atoms with E-state index in [2.05, 4.69) is 10.3 Å². The first-order valence-electron chi connectivity index (χ1n) is 4.62. The number of amides is 1. The van der Waals surface area contributed by atoms with Crippen molar-refractivity contribution in [2.45, 2.75) is 26.3 Å². The van der Waals surface area contributed by atoms with Gasteiger partial charge in [-0.15, -0.1) is 0 Å². The molecule has 0 saturated heterocycles. The van der Waals surface area contributed by atoms with E-state index in [0.29, 0.717) is 6.42 Å². The van der Waals surface area contributed by atoms with Crippen molar-refractivity contribution in [3.05, 3.63) is 24.0 Å². The van der Waals surface area contributed by atoms with E-state index in [1.54, 1.807) is 18.3 Å². The van der Waals surface area contributed by atoms with Crippen LogP contribution in [0.4, 0.5) is 5.69 Å². The van der Waals surface area contributed by atoms with E-state index < -0.39 is 6.04 Å². The van der Waals surface area contributed by atoms with Gasteiger partial charge >= 0.3 is 0 Å². The lowest BCUT2D eigenvalue weighted by Crippen LogP contribution is -2.34. The molecule has 0 aliphatic rings. The minimum absolute atomic E-state index is 0.155. The Morgan fingerprint density at radius 3 is 3.00 bits per heavy atom. The molecule has 1 heterocycles. The number of hydrogen-bond donors (Lipinski definition) is 2. The Balaban J connectivity index is 2.65. The average Bonchev–Trinajstić information content (AvgIpc) is 2.16. The Morgan fingerprint density at radius 2 is 2.43 bits per heavy atom. The van der Waals surface area contributed by atoms with E-state index in [1.807, 2.05) is 13.8 Å². The van der Waals surface area contributed by atoms with E-state index in [1.165, 1.54) is 0 Å². The molecule has 0 aromatic carbocycles. The second kappa shape index (κ2) is 4.72.